The van der Waals surface area contributed by atoms with Gasteiger partial charge in [0.2, 0.25) is 5.13 Å². The number of amides is 1. The average Bonchev–Trinajstić information content (AvgIpc) is 3.33. The molecule has 0 aliphatic carbocycles. The molecular weight excluding hydrogens is 412 g/mol. The predicted molar refractivity (Wildman–Crippen MR) is 112 cm³/mol. The molecule has 146 valence electrons. The Kier molecular flexibility index (Phi) is 5.28. The Labute approximate surface area is 175 Å². The Hall–Kier alpha value is -3.23. The highest BCUT2D eigenvalue weighted by atomic mass is 35.5. The van der Waals surface area contributed by atoms with Crippen LogP contribution < -0.4 is 5.32 Å². The van der Waals surface area contributed by atoms with Crippen molar-refractivity contribution in [2.45, 2.75) is 6.54 Å². The number of carbonyl (C=O) groups is 2. The van der Waals surface area contributed by atoms with Gasteiger partial charge in [-0.25, -0.2) is 0 Å². The Balaban J connectivity index is 1.64. The van der Waals surface area contributed by atoms with Crippen molar-refractivity contribution in [1.82, 2.24) is 13.9 Å². The van der Waals surface area contributed by atoms with E-state index in [2.05, 4.69) is 14.7 Å². The summed E-state index contributed by atoms with van der Waals surface area (Å²) in [7, 11) is 1.31. The van der Waals surface area contributed by atoms with Gasteiger partial charge in [0.15, 0.2) is 5.82 Å². The van der Waals surface area contributed by atoms with E-state index in [0.717, 1.165) is 22.4 Å². The fraction of sp³-hybridized carbons (Fsp3) is 0.100. The van der Waals surface area contributed by atoms with Crippen molar-refractivity contribution in [3.05, 3.63) is 65.3 Å². The number of esters is 1. The number of rotatable bonds is 5. The van der Waals surface area contributed by atoms with Gasteiger partial charge in [0.25, 0.3) is 5.91 Å². The lowest BCUT2D eigenvalue weighted by Crippen LogP contribution is -2.20. The van der Waals surface area contributed by atoms with Crippen molar-refractivity contribution >= 4 is 51.0 Å². The van der Waals surface area contributed by atoms with Crippen LogP contribution in [0.4, 0.5) is 5.13 Å². The summed E-state index contributed by atoms with van der Waals surface area (Å²) in [5.74, 6) is -0.407. The summed E-state index contributed by atoms with van der Waals surface area (Å²) in [6, 6.07) is 16.4. The molecule has 0 aliphatic rings. The summed E-state index contributed by atoms with van der Waals surface area (Å²) in [5, 5.41) is 4.46. The standard InChI is InChI=1S/C20H15ClN4O3S/c1-28-17(26)11-25-15-9-5-2-6-12(15)10-16(25)19(27)23-20-22-18(24-29-20)13-7-3-4-8-14(13)21/h2-10H,11H2,1H3,(H,22,23,24,27). The number of hydrogen-bond donors (Lipinski definition) is 1. The van der Waals surface area contributed by atoms with E-state index in [1.807, 2.05) is 42.5 Å². The van der Waals surface area contributed by atoms with Crippen LogP contribution in [0.1, 0.15) is 10.5 Å². The summed E-state index contributed by atoms with van der Waals surface area (Å²) in [4.78, 5) is 29.1. The van der Waals surface area contributed by atoms with E-state index in [1.165, 1.54) is 7.11 Å². The minimum absolute atomic E-state index is 0.0756. The van der Waals surface area contributed by atoms with E-state index in [4.69, 9.17) is 16.3 Å². The van der Waals surface area contributed by atoms with Gasteiger partial charge >= 0.3 is 5.97 Å². The van der Waals surface area contributed by atoms with Crippen molar-refractivity contribution in [1.29, 1.82) is 0 Å². The largest absolute Gasteiger partial charge is 0.468 e. The maximum atomic E-state index is 12.9. The normalized spacial score (nSPS) is 10.8. The molecular formula is C20H15ClN4O3S. The molecule has 1 N–H and O–H groups in total. The topological polar surface area (TPSA) is 86.1 Å². The molecule has 29 heavy (non-hydrogen) atoms. The fourth-order valence-electron chi connectivity index (χ4n) is 2.95. The van der Waals surface area contributed by atoms with Crippen LogP contribution in [0.25, 0.3) is 22.3 Å². The molecule has 4 rings (SSSR count). The Morgan fingerprint density at radius 1 is 1.17 bits per heavy atom. The third-order valence-electron chi connectivity index (χ3n) is 4.32. The molecule has 0 aliphatic heterocycles. The zero-order valence-electron chi connectivity index (χ0n) is 15.3. The van der Waals surface area contributed by atoms with Crippen molar-refractivity contribution in [3.63, 3.8) is 0 Å². The maximum absolute atomic E-state index is 12.9. The van der Waals surface area contributed by atoms with Crippen molar-refractivity contribution in [2.75, 3.05) is 12.4 Å². The fourth-order valence-corrected chi connectivity index (χ4v) is 3.75. The van der Waals surface area contributed by atoms with Crippen LogP contribution in [-0.2, 0) is 16.1 Å². The zero-order chi connectivity index (χ0) is 20.4. The van der Waals surface area contributed by atoms with Crippen LogP contribution in [0.15, 0.2) is 54.6 Å². The molecule has 4 aromatic rings. The number of aromatic nitrogens is 3. The first-order valence-corrected chi connectivity index (χ1v) is 9.77. The first-order chi connectivity index (χ1) is 14.1. The molecule has 9 heteroatoms. The van der Waals surface area contributed by atoms with Crippen LogP contribution in [0, 0.1) is 0 Å². The van der Waals surface area contributed by atoms with Gasteiger partial charge in [-0.2, -0.15) is 9.36 Å². The van der Waals surface area contributed by atoms with Crippen molar-refractivity contribution in [2.24, 2.45) is 0 Å². The van der Waals surface area contributed by atoms with E-state index in [1.54, 1.807) is 16.7 Å². The number of benzene rings is 2. The second-order valence-corrected chi connectivity index (χ2v) is 7.27. The average molecular weight is 427 g/mol. The van der Waals surface area contributed by atoms with Crippen LogP contribution >= 0.6 is 23.1 Å². The minimum Gasteiger partial charge on any atom is -0.468 e. The van der Waals surface area contributed by atoms with E-state index >= 15 is 0 Å². The van der Waals surface area contributed by atoms with Gasteiger partial charge < -0.3 is 9.30 Å². The minimum atomic E-state index is -0.447. The summed E-state index contributed by atoms with van der Waals surface area (Å²) >= 11 is 7.24. The van der Waals surface area contributed by atoms with Gasteiger partial charge in [-0.3, -0.25) is 14.9 Å². The molecule has 0 unspecified atom stereocenters. The first-order valence-electron chi connectivity index (χ1n) is 8.62. The lowest BCUT2D eigenvalue weighted by atomic mass is 10.2. The molecule has 0 fully saturated rings. The molecule has 0 spiro atoms. The number of carbonyl (C=O) groups excluding carboxylic acids is 2. The van der Waals surface area contributed by atoms with Crippen LogP contribution in [0.5, 0.6) is 0 Å². The van der Waals surface area contributed by atoms with Gasteiger partial charge in [0.05, 0.1) is 12.1 Å². The Bertz CT molecular complexity index is 1220. The highest BCUT2D eigenvalue weighted by Crippen LogP contribution is 2.28. The summed E-state index contributed by atoms with van der Waals surface area (Å²) in [6.07, 6.45) is 0. The van der Waals surface area contributed by atoms with Crippen LogP contribution in [0.3, 0.4) is 0 Å². The molecule has 0 bridgehead atoms. The Morgan fingerprint density at radius 2 is 1.93 bits per heavy atom. The molecule has 2 aromatic heterocycles. The van der Waals surface area contributed by atoms with Crippen LogP contribution in [0.2, 0.25) is 5.02 Å². The van der Waals surface area contributed by atoms with Crippen molar-refractivity contribution < 1.29 is 14.3 Å². The number of methoxy groups -OCH3 is 1. The molecule has 0 radical (unpaired) electrons. The van der Waals surface area contributed by atoms with Gasteiger partial charge in [-0.15, -0.1) is 0 Å². The van der Waals surface area contributed by atoms with E-state index < -0.39 is 11.9 Å². The second-order valence-electron chi connectivity index (χ2n) is 6.11. The number of anilines is 1. The number of nitrogens with one attached hydrogen (secondary N) is 1. The molecule has 7 nitrogen and oxygen atoms in total. The number of hydrogen-bond acceptors (Lipinski definition) is 6. The first kappa shape index (κ1) is 19.1. The molecule has 0 saturated heterocycles. The predicted octanol–water partition coefficient (Wildman–Crippen LogP) is 4.24. The highest BCUT2D eigenvalue weighted by Gasteiger charge is 2.19. The SMILES string of the molecule is COC(=O)Cn1c(C(=O)Nc2nc(-c3ccccc3Cl)ns2)cc2ccccc21. The molecule has 0 atom stereocenters. The molecule has 2 aromatic carbocycles. The van der Waals surface area contributed by atoms with Gasteiger partial charge in [-0.05, 0) is 24.3 Å². The maximum Gasteiger partial charge on any atom is 0.325 e. The van der Waals surface area contributed by atoms with E-state index in [0.29, 0.717) is 27.2 Å². The smallest absolute Gasteiger partial charge is 0.325 e. The van der Waals surface area contributed by atoms with Crippen LogP contribution in [-0.4, -0.2) is 32.9 Å². The zero-order valence-corrected chi connectivity index (χ0v) is 16.8. The van der Waals surface area contributed by atoms with E-state index in [-0.39, 0.29) is 6.54 Å². The second kappa shape index (κ2) is 8.02. The highest BCUT2D eigenvalue weighted by molar-refractivity contribution is 7.10. The third kappa shape index (κ3) is 3.85. The van der Waals surface area contributed by atoms with E-state index in [9.17, 15) is 9.59 Å². The summed E-state index contributed by atoms with van der Waals surface area (Å²) in [5.41, 5.74) is 1.77. The molecule has 1 amide bonds. The monoisotopic (exact) mass is 426 g/mol. The van der Waals surface area contributed by atoms with Crippen molar-refractivity contribution in [3.8, 4) is 11.4 Å². The van der Waals surface area contributed by atoms with Gasteiger partial charge in [0, 0.05) is 28.0 Å². The number of ether oxygens (including phenoxy) is 1. The lowest BCUT2D eigenvalue weighted by Gasteiger charge is -2.08. The molecule has 2 heterocycles. The quantitative estimate of drug-likeness (QED) is 0.482. The Morgan fingerprint density at radius 3 is 2.72 bits per heavy atom. The lowest BCUT2D eigenvalue weighted by molar-refractivity contribution is -0.141. The number of para-hydroxylation sites is 1. The third-order valence-corrected chi connectivity index (χ3v) is 5.28. The number of halogens is 1. The number of nitrogens with zero attached hydrogens (tertiary/aromatic N) is 3. The molecule has 0 saturated carbocycles. The number of fused-ring (bicyclic) bond motifs is 1. The van der Waals surface area contributed by atoms with Gasteiger partial charge in [0.1, 0.15) is 12.2 Å². The summed E-state index contributed by atoms with van der Waals surface area (Å²) < 4.78 is 10.7. The van der Waals surface area contributed by atoms with Gasteiger partial charge in [-0.1, -0.05) is 41.9 Å². The summed E-state index contributed by atoms with van der Waals surface area (Å²) in [6.45, 7) is -0.0756.